The molecule has 0 saturated heterocycles. The zero-order valence-corrected chi connectivity index (χ0v) is 11.7. The van der Waals surface area contributed by atoms with E-state index in [0.717, 1.165) is 28.7 Å². The summed E-state index contributed by atoms with van der Waals surface area (Å²) in [5, 5.41) is 0. The van der Waals surface area contributed by atoms with Gasteiger partial charge in [-0.25, -0.2) is 0 Å². The summed E-state index contributed by atoms with van der Waals surface area (Å²) in [5.41, 5.74) is 3.00. The molecule has 0 aliphatic carbocycles. The van der Waals surface area contributed by atoms with Gasteiger partial charge in [0.05, 0.1) is 7.11 Å². The Hall–Kier alpha value is -2.35. The van der Waals surface area contributed by atoms with Gasteiger partial charge in [-0.05, 0) is 17.2 Å². The highest BCUT2D eigenvalue weighted by atomic mass is 16.5. The summed E-state index contributed by atoms with van der Waals surface area (Å²) in [6.45, 7) is 1.89. The van der Waals surface area contributed by atoms with Gasteiger partial charge in [-0.15, -0.1) is 0 Å². The third-order valence-electron chi connectivity index (χ3n) is 3.24. The maximum atomic E-state index is 11.1. The van der Waals surface area contributed by atoms with Gasteiger partial charge in [-0.1, -0.05) is 61.5 Å². The van der Waals surface area contributed by atoms with Gasteiger partial charge in [0.15, 0.2) is 0 Å². The number of carbonyl (C=O) groups is 1. The molecule has 1 unspecified atom stereocenters. The molecule has 0 saturated carbocycles. The van der Waals surface area contributed by atoms with Crippen LogP contribution in [0.15, 0.2) is 54.6 Å². The van der Waals surface area contributed by atoms with Gasteiger partial charge < -0.3 is 9.53 Å². The molecular weight excluding hydrogens is 248 g/mol. The third kappa shape index (κ3) is 3.15. The molecule has 0 heterocycles. The van der Waals surface area contributed by atoms with Crippen molar-refractivity contribution in [1.29, 1.82) is 0 Å². The lowest BCUT2D eigenvalue weighted by Gasteiger charge is -2.14. The molecular formula is C18H18O2. The first kappa shape index (κ1) is 14.1. The fraction of sp³-hybridized carbons (Fsp3) is 0.167. The van der Waals surface area contributed by atoms with Gasteiger partial charge in [0, 0.05) is 11.5 Å². The molecule has 0 spiro atoms. The minimum atomic E-state index is -0.152. The Bertz CT molecular complexity index is 600. The average molecular weight is 266 g/mol. The smallest absolute Gasteiger partial charge is 0.127 e. The molecule has 0 aliphatic rings. The van der Waals surface area contributed by atoms with E-state index in [1.165, 1.54) is 0 Å². The molecule has 0 bridgehead atoms. The molecule has 2 heteroatoms. The summed E-state index contributed by atoms with van der Waals surface area (Å²) < 4.78 is 5.52. The van der Waals surface area contributed by atoms with Crippen molar-refractivity contribution in [2.24, 2.45) is 0 Å². The van der Waals surface area contributed by atoms with E-state index in [4.69, 9.17) is 4.74 Å². The molecule has 2 aromatic rings. The predicted molar refractivity (Wildman–Crippen MR) is 82.2 cm³/mol. The Morgan fingerprint density at radius 1 is 1.05 bits per heavy atom. The lowest BCUT2D eigenvalue weighted by atomic mass is 9.95. The first-order valence-corrected chi connectivity index (χ1v) is 6.61. The Kier molecular flexibility index (Phi) is 4.72. The van der Waals surface area contributed by atoms with E-state index in [2.05, 4.69) is 0 Å². The number of hydrogen-bond donors (Lipinski definition) is 0. The summed E-state index contributed by atoms with van der Waals surface area (Å²) >= 11 is 0. The van der Waals surface area contributed by atoms with Crippen molar-refractivity contribution in [3.63, 3.8) is 0 Å². The van der Waals surface area contributed by atoms with Crippen molar-refractivity contribution in [2.75, 3.05) is 7.11 Å². The van der Waals surface area contributed by atoms with Gasteiger partial charge >= 0.3 is 0 Å². The second-order valence-corrected chi connectivity index (χ2v) is 4.64. The van der Waals surface area contributed by atoms with Crippen molar-refractivity contribution in [1.82, 2.24) is 0 Å². The maximum Gasteiger partial charge on any atom is 0.127 e. The number of ether oxygens (including phenoxy) is 1. The summed E-state index contributed by atoms with van der Waals surface area (Å²) in [6, 6.07) is 17.8. The standard InChI is InChI=1S/C18H18O2/c1-14(13-19)16-10-6-7-11-17(16)18(20-2)12-15-8-4-3-5-9-15/h3-14H,1-2H3. The van der Waals surface area contributed by atoms with Crippen LogP contribution in [-0.4, -0.2) is 13.4 Å². The summed E-state index contributed by atoms with van der Waals surface area (Å²) in [4.78, 5) is 11.1. The van der Waals surface area contributed by atoms with Crippen LogP contribution in [0.1, 0.15) is 29.5 Å². The Morgan fingerprint density at radius 3 is 2.35 bits per heavy atom. The highest BCUT2D eigenvalue weighted by molar-refractivity contribution is 5.80. The lowest BCUT2D eigenvalue weighted by Crippen LogP contribution is -2.01. The van der Waals surface area contributed by atoms with E-state index >= 15 is 0 Å². The molecule has 102 valence electrons. The average Bonchev–Trinajstić information content (AvgIpc) is 2.53. The molecule has 0 fully saturated rings. The van der Waals surface area contributed by atoms with Gasteiger partial charge in [0.25, 0.3) is 0 Å². The third-order valence-corrected chi connectivity index (χ3v) is 3.24. The molecule has 2 rings (SSSR count). The van der Waals surface area contributed by atoms with Gasteiger partial charge in [0.1, 0.15) is 12.0 Å². The molecule has 2 nitrogen and oxygen atoms in total. The van der Waals surface area contributed by atoms with Gasteiger partial charge in [0.2, 0.25) is 0 Å². The molecule has 2 aromatic carbocycles. The van der Waals surface area contributed by atoms with Crippen molar-refractivity contribution < 1.29 is 9.53 Å². The molecule has 20 heavy (non-hydrogen) atoms. The molecule has 0 radical (unpaired) electrons. The van der Waals surface area contributed by atoms with Crippen LogP contribution in [-0.2, 0) is 9.53 Å². The largest absolute Gasteiger partial charge is 0.496 e. The van der Waals surface area contributed by atoms with E-state index in [-0.39, 0.29) is 5.92 Å². The SMILES string of the molecule is COC(=Cc1ccccc1)c1ccccc1C(C)C=O. The zero-order chi connectivity index (χ0) is 14.4. The molecule has 0 N–H and O–H groups in total. The van der Waals surface area contributed by atoms with Crippen molar-refractivity contribution in [2.45, 2.75) is 12.8 Å². The normalized spacial score (nSPS) is 12.8. The first-order valence-electron chi connectivity index (χ1n) is 6.61. The fourth-order valence-electron chi connectivity index (χ4n) is 2.14. The van der Waals surface area contributed by atoms with Crippen LogP contribution in [0.3, 0.4) is 0 Å². The zero-order valence-electron chi connectivity index (χ0n) is 11.7. The molecule has 0 amide bonds. The Balaban J connectivity index is 2.47. The number of benzene rings is 2. The van der Waals surface area contributed by atoms with Crippen molar-refractivity contribution in [3.8, 4) is 0 Å². The second kappa shape index (κ2) is 6.71. The lowest BCUT2D eigenvalue weighted by molar-refractivity contribution is -0.108. The van der Waals surface area contributed by atoms with E-state index in [0.29, 0.717) is 0 Å². The number of methoxy groups -OCH3 is 1. The minimum absolute atomic E-state index is 0.152. The van der Waals surface area contributed by atoms with E-state index in [9.17, 15) is 4.79 Å². The Morgan fingerprint density at radius 2 is 1.70 bits per heavy atom. The van der Waals surface area contributed by atoms with Crippen LogP contribution in [0.2, 0.25) is 0 Å². The van der Waals surface area contributed by atoms with Crippen LogP contribution in [0, 0.1) is 0 Å². The Labute approximate surface area is 119 Å². The number of aldehydes is 1. The van der Waals surface area contributed by atoms with Crippen LogP contribution >= 0.6 is 0 Å². The highest BCUT2D eigenvalue weighted by Gasteiger charge is 2.13. The van der Waals surface area contributed by atoms with E-state index in [1.807, 2.05) is 67.6 Å². The maximum absolute atomic E-state index is 11.1. The summed E-state index contributed by atoms with van der Waals surface area (Å²) in [7, 11) is 1.65. The summed E-state index contributed by atoms with van der Waals surface area (Å²) in [6.07, 6.45) is 2.94. The van der Waals surface area contributed by atoms with Gasteiger partial charge in [-0.2, -0.15) is 0 Å². The molecule has 0 aromatic heterocycles. The topological polar surface area (TPSA) is 26.3 Å². The van der Waals surface area contributed by atoms with E-state index in [1.54, 1.807) is 7.11 Å². The number of hydrogen-bond acceptors (Lipinski definition) is 2. The number of carbonyl (C=O) groups excluding carboxylic acids is 1. The monoisotopic (exact) mass is 266 g/mol. The highest BCUT2D eigenvalue weighted by Crippen LogP contribution is 2.27. The van der Waals surface area contributed by atoms with Crippen LogP contribution in [0.5, 0.6) is 0 Å². The number of rotatable bonds is 5. The quantitative estimate of drug-likeness (QED) is 0.462. The van der Waals surface area contributed by atoms with Crippen molar-refractivity contribution in [3.05, 3.63) is 71.3 Å². The summed E-state index contributed by atoms with van der Waals surface area (Å²) in [5.74, 6) is 0.612. The van der Waals surface area contributed by atoms with Crippen LogP contribution in [0.4, 0.5) is 0 Å². The fourth-order valence-corrected chi connectivity index (χ4v) is 2.14. The minimum Gasteiger partial charge on any atom is -0.496 e. The molecule has 0 aliphatic heterocycles. The van der Waals surface area contributed by atoms with Crippen molar-refractivity contribution >= 4 is 18.1 Å². The van der Waals surface area contributed by atoms with Gasteiger partial charge in [-0.3, -0.25) is 0 Å². The van der Waals surface area contributed by atoms with E-state index < -0.39 is 0 Å². The first-order chi connectivity index (χ1) is 9.76. The van der Waals surface area contributed by atoms with Crippen LogP contribution < -0.4 is 0 Å². The van der Waals surface area contributed by atoms with Crippen LogP contribution in [0.25, 0.3) is 11.8 Å². The predicted octanol–water partition coefficient (Wildman–Crippen LogP) is 4.13. The second-order valence-electron chi connectivity index (χ2n) is 4.64. The molecule has 1 atom stereocenters.